The number of amides is 1. The topological polar surface area (TPSA) is 53.5 Å². The van der Waals surface area contributed by atoms with Crippen LogP contribution in [0.4, 0.5) is 0 Å². The summed E-state index contributed by atoms with van der Waals surface area (Å²) in [5.41, 5.74) is 0. The lowest BCUT2D eigenvalue weighted by molar-refractivity contribution is -0.121. The lowest BCUT2D eigenvalue weighted by Crippen LogP contribution is -2.42. The van der Waals surface area contributed by atoms with Gasteiger partial charge in [-0.2, -0.15) is 0 Å². The highest BCUT2D eigenvalue weighted by molar-refractivity contribution is 8.14. The van der Waals surface area contributed by atoms with E-state index in [0.29, 0.717) is 11.2 Å². The molecular weight excluding hydrogens is 222 g/mol. The van der Waals surface area contributed by atoms with E-state index in [-0.39, 0.29) is 11.9 Å². The zero-order valence-electron chi connectivity index (χ0n) is 10.4. The van der Waals surface area contributed by atoms with Crippen molar-refractivity contribution >= 4 is 22.8 Å². The Balaban J connectivity index is 2.33. The third-order valence-corrected chi connectivity index (χ3v) is 3.58. The largest absolute Gasteiger partial charge is 0.357 e. The Bertz CT molecular complexity index is 278. The van der Waals surface area contributed by atoms with Gasteiger partial charge in [0, 0.05) is 12.3 Å². The molecule has 0 saturated carbocycles. The van der Waals surface area contributed by atoms with Gasteiger partial charge in [-0.15, -0.1) is 0 Å². The first-order valence-electron chi connectivity index (χ1n) is 5.72. The van der Waals surface area contributed by atoms with Crippen LogP contribution in [0.3, 0.4) is 0 Å². The van der Waals surface area contributed by atoms with Crippen LogP contribution in [0.15, 0.2) is 4.99 Å². The summed E-state index contributed by atoms with van der Waals surface area (Å²) >= 11 is 1.75. The quantitative estimate of drug-likeness (QED) is 0.781. The lowest BCUT2D eigenvalue weighted by Gasteiger charge is -2.14. The van der Waals surface area contributed by atoms with Gasteiger partial charge in [0.1, 0.15) is 6.04 Å². The smallest absolute Gasteiger partial charge is 0.242 e. The summed E-state index contributed by atoms with van der Waals surface area (Å²) < 4.78 is 0. The second-order valence-electron chi connectivity index (χ2n) is 4.50. The van der Waals surface area contributed by atoms with Gasteiger partial charge in [-0.1, -0.05) is 25.6 Å². The van der Waals surface area contributed by atoms with Gasteiger partial charge in [0.2, 0.25) is 5.91 Å². The molecule has 1 rings (SSSR count). The van der Waals surface area contributed by atoms with Crippen LogP contribution in [0.2, 0.25) is 0 Å². The second kappa shape index (κ2) is 6.13. The summed E-state index contributed by atoms with van der Waals surface area (Å²) in [6.07, 6.45) is 1.17. The summed E-state index contributed by atoms with van der Waals surface area (Å²) in [6, 6.07) is -0.214. The van der Waals surface area contributed by atoms with E-state index < -0.39 is 0 Å². The molecule has 1 heterocycles. The van der Waals surface area contributed by atoms with Crippen LogP contribution in [0, 0.1) is 5.92 Å². The van der Waals surface area contributed by atoms with Crippen LogP contribution >= 0.6 is 11.8 Å². The van der Waals surface area contributed by atoms with E-state index in [1.54, 1.807) is 18.8 Å². The maximum atomic E-state index is 11.3. The molecule has 0 radical (unpaired) electrons. The van der Waals surface area contributed by atoms with Crippen LogP contribution in [0.25, 0.3) is 0 Å². The second-order valence-corrected chi connectivity index (χ2v) is 5.78. The lowest BCUT2D eigenvalue weighted by atomic mass is 10.1. The molecule has 5 heteroatoms. The first kappa shape index (κ1) is 13.4. The third kappa shape index (κ3) is 4.04. The fourth-order valence-corrected chi connectivity index (χ4v) is 2.95. The summed E-state index contributed by atoms with van der Waals surface area (Å²) in [7, 11) is 1.64. The summed E-state index contributed by atoms with van der Waals surface area (Å²) in [5, 5.41) is 7.22. The van der Waals surface area contributed by atoms with Gasteiger partial charge in [0.05, 0.1) is 6.54 Å². The highest BCUT2D eigenvalue weighted by Crippen LogP contribution is 2.25. The van der Waals surface area contributed by atoms with E-state index in [2.05, 4.69) is 29.5 Å². The average Bonchev–Trinajstić information content (AvgIpc) is 2.63. The first-order valence-corrected chi connectivity index (χ1v) is 6.60. The van der Waals surface area contributed by atoms with Crippen LogP contribution in [-0.2, 0) is 4.79 Å². The van der Waals surface area contributed by atoms with Gasteiger partial charge in [-0.05, 0) is 19.3 Å². The van der Waals surface area contributed by atoms with Crippen molar-refractivity contribution < 1.29 is 4.79 Å². The molecule has 2 atom stereocenters. The van der Waals surface area contributed by atoms with Crippen LogP contribution < -0.4 is 10.6 Å². The van der Waals surface area contributed by atoms with Crippen molar-refractivity contribution in [3.63, 3.8) is 0 Å². The maximum Gasteiger partial charge on any atom is 0.242 e. The van der Waals surface area contributed by atoms with Gasteiger partial charge < -0.3 is 10.6 Å². The third-order valence-electron chi connectivity index (χ3n) is 2.43. The van der Waals surface area contributed by atoms with Crippen molar-refractivity contribution in [1.29, 1.82) is 0 Å². The van der Waals surface area contributed by atoms with Crippen LogP contribution in [0.5, 0.6) is 0 Å². The molecule has 1 aliphatic heterocycles. The maximum absolute atomic E-state index is 11.3. The first-order chi connectivity index (χ1) is 7.52. The molecule has 0 fully saturated rings. The monoisotopic (exact) mass is 243 g/mol. The highest BCUT2D eigenvalue weighted by atomic mass is 32.2. The van der Waals surface area contributed by atoms with Crippen molar-refractivity contribution in [3.8, 4) is 0 Å². The van der Waals surface area contributed by atoms with Crippen molar-refractivity contribution in [3.05, 3.63) is 0 Å². The van der Waals surface area contributed by atoms with Gasteiger partial charge in [-0.3, -0.25) is 9.79 Å². The predicted octanol–water partition coefficient (Wildman–Crippen LogP) is 1.23. The number of likely N-dealkylation sites (N-methyl/N-ethyl adjacent to an activating group) is 1. The SMILES string of the molecule is CNC(=O)C(C)NC1=NCC(CC(C)C)S1. The fraction of sp³-hybridized carbons (Fsp3) is 0.818. The van der Waals surface area contributed by atoms with Crippen molar-refractivity contribution in [2.75, 3.05) is 13.6 Å². The minimum Gasteiger partial charge on any atom is -0.357 e. The molecule has 4 nitrogen and oxygen atoms in total. The summed E-state index contributed by atoms with van der Waals surface area (Å²) in [4.78, 5) is 15.7. The number of nitrogens with zero attached hydrogens (tertiary/aromatic N) is 1. The Morgan fingerprint density at radius 1 is 1.56 bits per heavy atom. The minimum atomic E-state index is -0.214. The van der Waals surface area contributed by atoms with E-state index in [4.69, 9.17) is 0 Å². The van der Waals surface area contributed by atoms with Crippen LogP contribution in [0.1, 0.15) is 27.2 Å². The summed E-state index contributed by atoms with van der Waals surface area (Å²) in [6.45, 7) is 7.15. The molecule has 0 aromatic rings. The molecule has 92 valence electrons. The standard InChI is InChI=1S/C11H21N3OS/c1-7(2)5-9-6-13-11(16-9)14-8(3)10(15)12-4/h7-9H,5-6H2,1-4H3,(H,12,15)(H,13,14). The zero-order chi connectivity index (χ0) is 12.1. The molecule has 1 aliphatic rings. The van der Waals surface area contributed by atoms with Gasteiger partial charge in [-0.25, -0.2) is 0 Å². The Hall–Kier alpha value is -0.710. The number of hydrogen-bond donors (Lipinski definition) is 2. The number of thioether (sulfide) groups is 1. The molecule has 0 saturated heterocycles. The normalized spacial score (nSPS) is 21.8. The molecule has 1 amide bonds. The van der Waals surface area contributed by atoms with Crippen LogP contribution in [-0.4, -0.2) is 36.0 Å². The number of hydrogen-bond acceptors (Lipinski definition) is 4. The molecule has 0 aliphatic carbocycles. The predicted molar refractivity (Wildman–Crippen MR) is 69.8 cm³/mol. The van der Waals surface area contributed by atoms with E-state index in [1.807, 2.05) is 6.92 Å². The minimum absolute atomic E-state index is 0.00407. The fourth-order valence-electron chi connectivity index (χ4n) is 1.61. The van der Waals surface area contributed by atoms with Crippen molar-refractivity contribution in [1.82, 2.24) is 10.6 Å². The van der Waals surface area contributed by atoms with E-state index in [0.717, 1.165) is 11.7 Å². The molecule has 0 aromatic carbocycles. The van der Waals surface area contributed by atoms with Gasteiger partial charge >= 0.3 is 0 Å². The van der Waals surface area contributed by atoms with Crippen molar-refractivity contribution in [2.24, 2.45) is 10.9 Å². The Kier molecular flexibility index (Phi) is 5.12. The number of nitrogens with one attached hydrogen (secondary N) is 2. The number of carbonyl (C=O) groups is 1. The summed E-state index contributed by atoms with van der Waals surface area (Å²) in [5.74, 6) is 0.694. The van der Waals surface area contributed by atoms with Crippen molar-refractivity contribution in [2.45, 2.75) is 38.5 Å². The number of carbonyl (C=O) groups excluding carboxylic acids is 1. The van der Waals surface area contributed by atoms with Gasteiger partial charge in [0.15, 0.2) is 5.17 Å². The van der Waals surface area contributed by atoms with E-state index in [1.165, 1.54) is 6.42 Å². The molecule has 0 bridgehead atoms. The molecule has 2 unspecified atom stereocenters. The Morgan fingerprint density at radius 2 is 2.25 bits per heavy atom. The number of amidine groups is 1. The highest BCUT2D eigenvalue weighted by Gasteiger charge is 2.22. The van der Waals surface area contributed by atoms with E-state index >= 15 is 0 Å². The molecule has 2 N–H and O–H groups in total. The molecule has 0 aromatic heterocycles. The number of rotatable bonds is 4. The molecular formula is C11H21N3OS. The van der Waals surface area contributed by atoms with Gasteiger partial charge in [0.25, 0.3) is 0 Å². The molecule has 0 spiro atoms. The average molecular weight is 243 g/mol. The Labute approximate surface area is 102 Å². The number of aliphatic imine (C=N–C) groups is 1. The Morgan fingerprint density at radius 3 is 2.81 bits per heavy atom. The zero-order valence-corrected chi connectivity index (χ0v) is 11.2. The molecule has 16 heavy (non-hydrogen) atoms. The van der Waals surface area contributed by atoms with E-state index in [9.17, 15) is 4.79 Å².